The first kappa shape index (κ1) is 17.7. The fourth-order valence-corrected chi connectivity index (χ4v) is 2.66. The molecule has 1 aromatic carbocycles. The zero-order chi connectivity index (χ0) is 18.2. The van der Waals surface area contributed by atoms with E-state index in [1.165, 1.54) is 5.56 Å². The Labute approximate surface area is 153 Å². The molecule has 3 aromatic rings. The molecule has 1 atom stereocenters. The van der Waals surface area contributed by atoms with Crippen LogP contribution in [0.3, 0.4) is 0 Å². The van der Waals surface area contributed by atoms with Gasteiger partial charge in [-0.1, -0.05) is 37.3 Å². The van der Waals surface area contributed by atoms with E-state index in [-0.39, 0.29) is 6.03 Å². The monoisotopic (exact) mass is 352 g/mol. The zero-order valence-electron chi connectivity index (χ0n) is 14.9. The van der Waals surface area contributed by atoms with E-state index in [9.17, 15) is 4.79 Å². The van der Waals surface area contributed by atoms with Crippen LogP contribution in [0.5, 0.6) is 0 Å². The third-order valence-electron chi connectivity index (χ3n) is 4.00. The molecule has 26 heavy (non-hydrogen) atoms. The van der Waals surface area contributed by atoms with Crippen LogP contribution in [0.25, 0.3) is 0 Å². The number of carbonyl (C=O) groups excluding carboxylic acids is 1. The smallest absolute Gasteiger partial charge is 0.315 e. The van der Waals surface area contributed by atoms with Gasteiger partial charge in [-0.3, -0.25) is 9.36 Å². The summed E-state index contributed by atoms with van der Waals surface area (Å²) in [5, 5.41) is 14.3. The van der Waals surface area contributed by atoms with Crippen molar-refractivity contribution in [2.24, 2.45) is 5.92 Å². The Bertz CT molecular complexity index is 797. The van der Waals surface area contributed by atoms with Gasteiger partial charge in [0.05, 0.1) is 12.7 Å². The molecular formula is C19H24N6O. The summed E-state index contributed by atoms with van der Waals surface area (Å²) in [5.41, 5.74) is 2.17. The molecule has 0 bridgehead atoms. The minimum atomic E-state index is -0.173. The Balaban J connectivity index is 1.38. The molecule has 3 rings (SSSR count). The maximum atomic E-state index is 11.9. The van der Waals surface area contributed by atoms with Gasteiger partial charge in [0.25, 0.3) is 0 Å². The van der Waals surface area contributed by atoms with Crippen LogP contribution in [0.1, 0.15) is 18.1 Å². The Morgan fingerprint density at radius 1 is 1.08 bits per heavy atom. The van der Waals surface area contributed by atoms with Crippen LogP contribution >= 0.6 is 0 Å². The van der Waals surface area contributed by atoms with E-state index < -0.39 is 0 Å². The molecule has 2 amide bonds. The van der Waals surface area contributed by atoms with E-state index in [1.54, 1.807) is 12.4 Å². The predicted molar refractivity (Wildman–Crippen MR) is 99.4 cm³/mol. The lowest BCUT2D eigenvalue weighted by atomic mass is 10.2. The van der Waals surface area contributed by atoms with Crippen LogP contribution in [-0.4, -0.2) is 32.1 Å². The fraction of sp³-hybridized carbons (Fsp3) is 0.316. The molecule has 0 aliphatic carbocycles. The van der Waals surface area contributed by atoms with Gasteiger partial charge >= 0.3 is 6.03 Å². The predicted octanol–water partition coefficient (Wildman–Crippen LogP) is 2.26. The standard InChI is InChI=1S/C19H24N6O/c1-16(13-24-9-5-8-22-24)10-20-19(26)21-11-18-12-23-25(15-18)14-17-6-3-2-4-7-17/h2-9,12,15-16H,10-11,13-14H2,1H3,(H2,20,21,26). The molecule has 2 heterocycles. The first-order valence-corrected chi connectivity index (χ1v) is 8.73. The van der Waals surface area contributed by atoms with Crippen molar-refractivity contribution in [2.75, 3.05) is 6.54 Å². The minimum Gasteiger partial charge on any atom is -0.338 e. The molecular weight excluding hydrogens is 328 g/mol. The highest BCUT2D eigenvalue weighted by Gasteiger charge is 2.07. The molecule has 2 aromatic heterocycles. The number of benzene rings is 1. The van der Waals surface area contributed by atoms with Gasteiger partial charge in [0, 0.05) is 43.8 Å². The zero-order valence-corrected chi connectivity index (χ0v) is 14.9. The van der Waals surface area contributed by atoms with Crippen molar-refractivity contribution in [2.45, 2.75) is 26.6 Å². The van der Waals surface area contributed by atoms with Gasteiger partial charge < -0.3 is 10.6 Å². The van der Waals surface area contributed by atoms with Gasteiger partial charge in [-0.15, -0.1) is 0 Å². The lowest BCUT2D eigenvalue weighted by Gasteiger charge is -2.13. The number of hydrogen-bond acceptors (Lipinski definition) is 3. The number of carbonyl (C=O) groups is 1. The van der Waals surface area contributed by atoms with Crippen molar-refractivity contribution in [3.8, 4) is 0 Å². The molecule has 0 fully saturated rings. The van der Waals surface area contributed by atoms with Gasteiger partial charge in [0.1, 0.15) is 0 Å². The minimum absolute atomic E-state index is 0.173. The number of nitrogens with one attached hydrogen (secondary N) is 2. The van der Waals surface area contributed by atoms with Crippen LogP contribution in [0.2, 0.25) is 0 Å². The van der Waals surface area contributed by atoms with Crippen molar-refractivity contribution >= 4 is 6.03 Å². The summed E-state index contributed by atoms with van der Waals surface area (Å²) < 4.78 is 3.74. The SMILES string of the molecule is CC(CNC(=O)NCc1cnn(Cc2ccccc2)c1)Cn1cccn1. The highest BCUT2D eigenvalue weighted by atomic mass is 16.2. The van der Waals surface area contributed by atoms with Crippen molar-refractivity contribution in [1.29, 1.82) is 0 Å². The van der Waals surface area contributed by atoms with Gasteiger partial charge in [0.2, 0.25) is 0 Å². The van der Waals surface area contributed by atoms with E-state index in [0.29, 0.717) is 19.0 Å². The van der Waals surface area contributed by atoms with Crippen molar-refractivity contribution in [3.63, 3.8) is 0 Å². The molecule has 0 saturated heterocycles. The van der Waals surface area contributed by atoms with Gasteiger partial charge in [-0.05, 0) is 17.5 Å². The van der Waals surface area contributed by atoms with E-state index in [0.717, 1.165) is 18.7 Å². The Morgan fingerprint density at radius 2 is 1.92 bits per heavy atom. The lowest BCUT2D eigenvalue weighted by Crippen LogP contribution is -2.38. The first-order valence-electron chi connectivity index (χ1n) is 8.73. The van der Waals surface area contributed by atoms with Gasteiger partial charge in [-0.25, -0.2) is 4.79 Å². The molecule has 7 nitrogen and oxygen atoms in total. The maximum Gasteiger partial charge on any atom is 0.315 e. The lowest BCUT2D eigenvalue weighted by molar-refractivity contribution is 0.238. The average Bonchev–Trinajstić information content (AvgIpc) is 3.31. The Kier molecular flexibility index (Phi) is 6.03. The maximum absolute atomic E-state index is 11.9. The second kappa shape index (κ2) is 8.84. The number of urea groups is 1. The average molecular weight is 352 g/mol. The summed E-state index contributed by atoms with van der Waals surface area (Å²) >= 11 is 0. The molecule has 1 unspecified atom stereocenters. The third-order valence-corrected chi connectivity index (χ3v) is 4.00. The summed E-state index contributed by atoms with van der Waals surface area (Å²) in [6.45, 7) is 4.63. The van der Waals surface area contributed by atoms with Gasteiger partial charge in [0.15, 0.2) is 0 Å². The molecule has 0 saturated carbocycles. The number of aromatic nitrogens is 4. The van der Waals surface area contributed by atoms with E-state index in [4.69, 9.17) is 0 Å². The quantitative estimate of drug-likeness (QED) is 0.653. The fourth-order valence-electron chi connectivity index (χ4n) is 2.66. The normalized spacial score (nSPS) is 11.9. The second-order valence-electron chi connectivity index (χ2n) is 6.43. The van der Waals surface area contributed by atoms with E-state index in [1.807, 2.05) is 46.0 Å². The molecule has 2 N–H and O–H groups in total. The summed E-state index contributed by atoms with van der Waals surface area (Å²) in [6.07, 6.45) is 7.41. The molecule has 136 valence electrons. The van der Waals surface area contributed by atoms with Crippen LogP contribution in [0.4, 0.5) is 4.79 Å². The number of nitrogens with zero attached hydrogens (tertiary/aromatic N) is 4. The van der Waals surface area contributed by atoms with Crippen molar-refractivity contribution in [1.82, 2.24) is 30.2 Å². The molecule has 0 spiro atoms. The molecule has 0 aliphatic rings. The Hall–Kier alpha value is -3.09. The molecule has 0 radical (unpaired) electrons. The summed E-state index contributed by atoms with van der Waals surface area (Å²) in [5.74, 6) is 0.300. The summed E-state index contributed by atoms with van der Waals surface area (Å²) in [4.78, 5) is 11.9. The van der Waals surface area contributed by atoms with Crippen LogP contribution in [0, 0.1) is 5.92 Å². The topological polar surface area (TPSA) is 76.8 Å². The largest absolute Gasteiger partial charge is 0.338 e. The molecule has 0 aliphatic heterocycles. The van der Waals surface area contributed by atoms with Crippen LogP contribution in [0.15, 0.2) is 61.2 Å². The van der Waals surface area contributed by atoms with Crippen molar-refractivity contribution < 1.29 is 4.79 Å². The van der Waals surface area contributed by atoms with E-state index >= 15 is 0 Å². The molecule has 7 heteroatoms. The van der Waals surface area contributed by atoms with Crippen LogP contribution in [-0.2, 0) is 19.6 Å². The second-order valence-corrected chi connectivity index (χ2v) is 6.43. The van der Waals surface area contributed by atoms with Gasteiger partial charge in [-0.2, -0.15) is 10.2 Å². The summed E-state index contributed by atoms with van der Waals surface area (Å²) in [7, 11) is 0. The summed E-state index contributed by atoms with van der Waals surface area (Å²) in [6, 6.07) is 11.9. The van der Waals surface area contributed by atoms with Crippen molar-refractivity contribution in [3.05, 3.63) is 72.3 Å². The third kappa shape index (κ3) is 5.47. The highest BCUT2D eigenvalue weighted by molar-refractivity contribution is 5.73. The Morgan fingerprint density at radius 3 is 2.69 bits per heavy atom. The number of amides is 2. The highest BCUT2D eigenvalue weighted by Crippen LogP contribution is 2.04. The van der Waals surface area contributed by atoms with E-state index in [2.05, 4.69) is 39.9 Å². The number of rotatable bonds is 8. The number of hydrogen-bond donors (Lipinski definition) is 2. The van der Waals surface area contributed by atoms with Crippen LogP contribution < -0.4 is 10.6 Å². The first-order chi connectivity index (χ1) is 12.7.